The van der Waals surface area contributed by atoms with E-state index < -0.39 is 0 Å². The molecule has 0 bridgehead atoms. The molecule has 0 amide bonds. The molecule has 2 N–H and O–H groups in total. The van der Waals surface area contributed by atoms with Crippen LogP contribution in [0.2, 0.25) is 0 Å². The molecule has 20 heavy (non-hydrogen) atoms. The molecule has 0 aliphatic carbocycles. The minimum absolute atomic E-state index is 0.162. The summed E-state index contributed by atoms with van der Waals surface area (Å²) in [5, 5.41) is 4.09. The first-order valence-corrected chi connectivity index (χ1v) is 6.78. The number of nitrogens with two attached hydrogens (primary N) is 1. The van der Waals surface area contributed by atoms with Crippen LogP contribution in [0.15, 0.2) is 34.9 Å². The first-order chi connectivity index (χ1) is 9.76. The van der Waals surface area contributed by atoms with Gasteiger partial charge in [-0.1, -0.05) is 23.4 Å². The largest absolute Gasteiger partial charge is 0.377 e. The molecule has 5 heteroatoms. The van der Waals surface area contributed by atoms with Gasteiger partial charge in [-0.2, -0.15) is 0 Å². The number of ether oxygens (including phenoxy) is 1. The quantitative estimate of drug-likeness (QED) is 0.918. The van der Waals surface area contributed by atoms with Gasteiger partial charge < -0.3 is 19.9 Å². The number of hydrogen-bond acceptors (Lipinski definition) is 5. The highest BCUT2D eigenvalue weighted by Crippen LogP contribution is 2.27. The Balaban J connectivity index is 1.79. The van der Waals surface area contributed by atoms with Gasteiger partial charge in [0.25, 0.3) is 0 Å². The zero-order valence-electron chi connectivity index (χ0n) is 11.6. The normalized spacial score (nSPS) is 18.1. The Morgan fingerprint density at radius 1 is 1.45 bits per heavy atom. The lowest BCUT2D eigenvalue weighted by molar-refractivity contribution is 0.155. The molecule has 3 rings (SSSR count). The van der Waals surface area contributed by atoms with Gasteiger partial charge in [-0.25, -0.2) is 0 Å². The topological polar surface area (TPSA) is 64.5 Å². The van der Waals surface area contributed by atoms with Crippen LogP contribution in [0.4, 0.5) is 5.69 Å². The fourth-order valence-corrected chi connectivity index (χ4v) is 2.71. The minimum atomic E-state index is 0.162. The van der Waals surface area contributed by atoms with Gasteiger partial charge in [-0.3, -0.25) is 0 Å². The number of hydrogen-bond donors (Lipinski definition) is 1. The smallest absolute Gasteiger partial charge is 0.162 e. The van der Waals surface area contributed by atoms with Gasteiger partial charge in [0.05, 0.1) is 6.54 Å². The Hall–Kier alpha value is -1.85. The maximum atomic E-state index is 6.14. The number of anilines is 1. The van der Waals surface area contributed by atoms with Gasteiger partial charge in [0, 0.05) is 31.5 Å². The molecule has 1 aromatic carbocycles. The van der Waals surface area contributed by atoms with Crippen LogP contribution in [-0.4, -0.2) is 24.9 Å². The summed E-state index contributed by atoms with van der Waals surface area (Å²) in [4.78, 5) is 2.26. The third-order valence-electron chi connectivity index (χ3n) is 3.52. The molecular formula is C15H19N3O2. The van der Waals surface area contributed by atoms with Crippen molar-refractivity contribution in [2.75, 3.05) is 18.6 Å². The van der Waals surface area contributed by atoms with Crippen molar-refractivity contribution in [3.8, 4) is 0 Å². The van der Waals surface area contributed by atoms with Crippen LogP contribution in [0, 0.1) is 0 Å². The average Bonchev–Trinajstić information content (AvgIpc) is 2.86. The van der Waals surface area contributed by atoms with Gasteiger partial charge in [0.2, 0.25) is 0 Å². The third kappa shape index (κ3) is 2.69. The highest BCUT2D eigenvalue weighted by molar-refractivity contribution is 5.56. The van der Waals surface area contributed by atoms with Crippen molar-refractivity contribution in [3.63, 3.8) is 0 Å². The number of para-hydroxylation sites is 1. The van der Waals surface area contributed by atoms with E-state index in [-0.39, 0.29) is 6.04 Å². The molecule has 1 aliphatic rings. The molecule has 2 aromatic rings. The first-order valence-electron chi connectivity index (χ1n) is 6.78. The fourth-order valence-electron chi connectivity index (χ4n) is 2.71. The summed E-state index contributed by atoms with van der Waals surface area (Å²) < 4.78 is 10.3. The van der Waals surface area contributed by atoms with Gasteiger partial charge in [0.1, 0.15) is 12.3 Å². The van der Waals surface area contributed by atoms with E-state index >= 15 is 0 Å². The van der Waals surface area contributed by atoms with Crippen LogP contribution >= 0.6 is 0 Å². The summed E-state index contributed by atoms with van der Waals surface area (Å²) in [6, 6.07) is 10.5. The average molecular weight is 273 g/mol. The Labute approximate surface area is 118 Å². The second-order valence-corrected chi connectivity index (χ2v) is 5.19. The number of rotatable bonds is 4. The van der Waals surface area contributed by atoms with Crippen molar-refractivity contribution in [1.29, 1.82) is 0 Å². The molecule has 106 valence electrons. The Bertz CT molecular complexity index is 582. The van der Waals surface area contributed by atoms with Crippen LogP contribution < -0.4 is 10.6 Å². The molecule has 1 aliphatic heterocycles. The maximum Gasteiger partial charge on any atom is 0.162 e. The van der Waals surface area contributed by atoms with E-state index in [0.29, 0.717) is 13.2 Å². The maximum absolute atomic E-state index is 6.14. The third-order valence-corrected chi connectivity index (χ3v) is 3.52. The molecule has 0 radical (unpaired) electrons. The summed E-state index contributed by atoms with van der Waals surface area (Å²) in [5.41, 5.74) is 9.58. The Morgan fingerprint density at radius 2 is 2.30 bits per heavy atom. The lowest BCUT2D eigenvalue weighted by atomic mass is 9.98. The van der Waals surface area contributed by atoms with Crippen molar-refractivity contribution in [2.24, 2.45) is 5.73 Å². The van der Waals surface area contributed by atoms with E-state index in [2.05, 4.69) is 34.3 Å². The highest BCUT2D eigenvalue weighted by Gasteiger charge is 2.22. The number of aromatic nitrogens is 1. The number of benzene rings is 1. The SMILES string of the molecule is COCc1cc(CN2CC(N)Cc3ccccc32)no1. The highest BCUT2D eigenvalue weighted by atomic mass is 16.5. The number of nitrogens with zero attached hydrogens (tertiary/aromatic N) is 2. The van der Waals surface area contributed by atoms with E-state index in [4.69, 9.17) is 15.0 Å². The molecule has 0 saturated heterocycles. The molecular weight excluding hydrogens is 254 g/mol. The van der Waals surface area contributed by atoms with Gasteiger partial charge >= 0.3 is 0 Å². The van der Waals surface area contributed by atoms with E-state index in [1.54, 1.807) is 7.11 Å². The standard InChI is InChI=1S/C15H19N3O2/c1-19-10-14-7-13(17-20-14)9-18-8-12(16)6-11-4-2-3-5-15(11)18/h2-5,7,12H,6,8-10,16H2,1H3. The van der Waals surface area contributed by atoms with Crippen LogP contribution in [0.3, 0.4) is 0 Å². The van der Waals surface area contributed by atoms with Crippen LogP contribution in [-0.2, 0) is 24.3 Å². The lowest BCUT2D eigenvalue weighted by Crippen LogP contribution is -2.42. The van der Waals surface area contributed by atoms with Crippen LogP contribution in [0.5, 0.6) is 0 Å². The molecule has 1 unspecified atom stereocenters. The molecule has 2 heterocycles. The molecule has 5 nitrogen and oxygen atoms in total. The second kappa shape index (κ2) is 5.64. The lowest BCUT2D eigenvalue weighted by Gasteiger charge is -2.34. The zero-order chi connectivity index (χ0) is 13.9. The van der Waals surface area contributed by atoms with E-state index in [1.807, 2.05) is 6.07 Å². The predicted octanol–water partition coefficient (Wildman–Crippen LogP) is 1.71. The van der Waals surface area contributed by atoms with Crippen molar-refractivity contribution < 1.29 is 9.26 Å². The summed E-state index contributed by atoms with van der Waals surface area (Å²) in [6.45, 7) is 1.99. The molecule has 0 fully saturated rings. The summed E-state index contributed by atoms with van der Waals surface area (Å²) in [7, 11) is 1.64. The van der Waals surface area contributed by atoms with Gasteiger partial charge in [-0.05, 0) is 18.1 Å². The van der Waals surface area contributed by atoms with E-state index in [0.717, 1.165) is 24.4 Å². The summed E-state index contributed by atoms with van der Waals surface area (Å²) in [6.07, 6.45) is 0.931. The minimum Gasteiger partial charge on any atom is -0.377 e. The number of fused-ring (bicyclic) bond motifs is 1. The summed E-state index contributed by atoms with van der Waals surface area (Å²) >= 11 is 0. The first kappa shape index (κ1) is 13.1. The van der Waals surface area contributed by atoms with E-state index in [1.165, 1.54) is 11.3 Å². The van der Waals surface area contributed by atoms with Gasteiger partial charge in [-0.15, -0.1) is 0 Å². The second-order valence-electron chi connectivity index (χ2n) is 5.19. The monoisotopic (exact) mass is 273 g/mol. The summed E-state index contributed by atoms with van der Waals surface area (Å²) in [5.74, 6) is 0.747. The molecule has 0 saturated carbocycles. The zero-order valence-corrected chi connectivity index (χ0v) is 11.6. The Morgan fingerprint density at radius 3 is 3.15 bits per heavy atom. The molecule has 1 atom stereocenters. The van der Waals surface area contributed by atoms with Crippen molar-refractivity contribution in [3.05, 3.63) is 47.3 Å². The number of methoxy groups -OCH3 is 1. The van der Waals surface area contributed by atoms with E-state index in [9.17, 15) is 0 Å². The predicted molar refractivity (Wildman–Crippen MR) is 76.4 cm³/mol. The van der Waals surface area contributed by atoms with Crippen molar-refractivity contribution >= 4 is 5.69 Å². The fraction of sp³-hybridized carbons (Fsp3) is 0.400. The Kier molecular flexibility index (Phi) is 3.71. The molecule has 0 spiro atoms. The van der Waals surface area contributed by atoms with Crippen molar-refractivity contribution in [1.82, 2.24) is 5.16 Å². The van der Waals surface area contributed by atoms with Gasteiger partial charge in [0.15, 0.2) is 5.76 Å². The van der Waals surface area contributed by atoms with Crippen molar-refractivity contribution in [2.45, 2.75) is 25.6 Å². The van der Waals surface area contributed by atoms with Crippen LogP contribution in [0.25, 0.3) is 0 Å². The van der Waals surface area contributed by atoms with Crippen LogP contribution in [0.1, 0.15) is 17.0 Å². The molecule has 1 aromatic heterocycles.